The number of hydrogen-bond acceptors (Lipinski definition) is 5. The number of carbonyl (C=O) groups excluding carboxylic acids is 1. The number of piperidine rings is 1. The Balaban J connectivity index is 1.59. The van der Waals surface area contributed by atoms with Crippen molar-refractivity contribution in [3.8, 4) is 10.6 Å². The Morgan fingerprint density at radius 3 is 2.61 bits per heavy atom. The minimum absolute atomic E-state index is 0.0392. The summed E-state index contributed by atoms with van der Waals surface area (Å²) in [5.74, 6) is -0.144. The van der Waals surface area contributed by atoms with Gasteiger partial charge in [0.25, 0.3) is 5.91 Å². The van der Waals surface area contributed by atoms with Crippen molar-refractivity contribution in [2.75, 3.05) is 19.3 Å². The highest BCUT2D eigenvalue weighted by atomic mass is 32.2. The number of pyridine rings is 1. The number of nitrogens with one attached hydrogen (secondary N) is 1. The van der Waals surface area contributed by atoms with Gasteiger partial charge in [-0.05, 0) is 36.4 Å². The summed E-state index contributed by atoms with van der Waals surface area (Å²) in [6, 6.07) is 13.4. The number of para-hydroxylation sites is 1. The standard InChI is InChI=1S/C20H21N3O3S2/c1-28(25,26)23-10-8-14(9-11-23)21-20(24)16-13-18(19-7-4-12-27-19)22-17-6-3-2-5-15(16)17/h2-7,12-14H,8-11H2,1H3,(H,21,24). The van der Waals surface area contributed by atoms with E-state index in [9.17, 15) is 13.2 Å². The first-order chi connectivity index (χ1) is 13.4. The minimum atomic E-state index is -3.18. The summed E-state index contributed by atoms with van der Waals surface area (Å²) in [4.78, 5) is 18.8. The lowest BCUT2D eigenvalue weighted by atomic mass is 10.0. The quantitative estimate of drug-likeness (QED) is 0.710. The third-order valence-electron chi connectivity index (χ3n) is 4.99. The topological polar surface area (TPSA) is 79.4 Å². The monoisotopic (exact) mass is 415 g/mol. The van der Waals surface area contributed by atoms with Gasteiger partial charge in [-0.2, -0.15) is 0 Å². The van der Waals surface area contributed by atoms with Crippen molar-refractivity contribution in [3.05, 3.63) is 53.4 Å². The summed E-state index contributed by atoms with van der Waals surface area (Å²) in [7, 11) is -3.18. The Morgan fingerprint density at radius 1 is 1.18 bits per heavy atom. The van der Waals surface area contributed by atoms with E-state index in [0.29, 0.717) is 31.5 Å². The first-order valence-electron chi connectivity index (χ1n) is 9.11. The van der Waals surface area contributed by atoms with Gasteiger partial charge in [-0.3, -0.25) is 4.79 Å². The second-order valence-corrected chi connectivity index (χ2v) is 9.89. The molecule has 2 aromatic heterocycles. The van der Waals surface area contributed by atoms with Crippen molar-refractivity contribution in [3.63, 3.8) is 0 Å². The van der Waals surface area contributed by atoms with E-state index in [0.717, 1.165) is 21.5 Å². The van der Waals surface area contributed by atoms with E-state index in [4.69, 9.17) is 4.98 Å². The van der Waals surface area contributed by atoms with Crippen molar-refractivity contribution >= 4 is 38.2 Å². The van der Waals surface area contributed by atoms with E-state index in [1.54, 1.807) is 11.3 Å². The summed E-state index contributed by atoms with van der Waals surface area (Å²) in [5, 5.41) is 5.89. The van der Waals surface area contributed by atoms with Crippen LogP contribution in [0.5, 0.6) is 0 Å². The number of sulfonamides is 1. The van der Waals surface area contributed by atoms with Gasteiger partial charge >= 0.3 is 0 Å². The van der Waals surface area contributed by atoms with Gasteiger partial charge in [0.15, 0.2) is 0 Å². The molecule has 146 valence electrons. The molecule has 0 unspecified atom stereocenters. The normalized spacial score (nSPS) is 16.3. The predicted molar refractivity (Wildman–Crippen MR) is 112 cm³/mol. The second-order valence-electron chi connectivity index (χ2n) is 6.96. The van der Waals surface area contributed by atoms with Crippen LogP contribution in [0.1, 0.15) is 23.2 Å². The van der Waals surface area contributed by atoms with Gasteiger partial charge in [-0.15, -0.1) is 11.3 Å². The van der Waals surface area contributed by atoms with Gasteiger partial charge in [-0.1, -0.05) is 24.3 Å². The Morgan fingerprint density at radius 2 is 1.93 bits per heavy atom. The zero-order valence-electron chi connectivity index (χ0n) is 15.5. The molecule has 0 saturated carbocycles. The molecule has 3 aromatic rings. The average molecular weight is 416 g/mol. The summed E-state index contributed by atoms with van der Waals surface area (Å²) >= 11 is 1.59. The van der Waals surface area contributed by atoms with Crippen LogP contribution in [0.25, 0.3) is 21.5 Å². The van der Waals surface area contributed by atoms with E-state index in [2.05, 4.69) is 5.32 Å². The van der Waals surface area contributed by atoms with Crippen LogP contribution in [-0.4, -0.2) is 49.0 Å². The van der Waals surface area contributed by atoms with Crippen LogP contribution >= 0.6 is 11.3 Å². The Bertz CT molecular complexity index is 1100. The van der Waals surface area contributed by atoms with Crippen molar-refractivity contribution < 1.29 is 13.2 Å². The molecule has 1 saturated heterocycles. The fourth-order valence-electron chi connectivity index (χ4n) is 3.51. The van der Waals surface area contributed by atoms with E-state index in [1.165, 1.54) is 10.6 Å². The number of aromatic nitrogens is 1. The molecular weight excluding hydrogens is 394 g/mol. The summed E-state index contributed by atoms with van der Waals surface area (Å²) < 4.78 is 24.8. The minimum Gasteiger partial charge on any atom is -0.349 e. The molecule has 0 aliphatic carbocycles. The van der Waals surface area contributed by atoms with Gasteiger partial charge in [0, 0.05) is 24.5 Å². The van der Waals surface area contributed by atoms with Crippen LogP contribution in [0, 0.1) is 0 Å². The molecule has 1 amide bonds. The fraction of sp³-hybridized carbons (Fsp3) is 0.300. The number of rotatable bonds is 4. The van der Waals surface area contributed by atoms with Crippen molar-refractivity contribution in [1.82, 2.24) is 14.6 Å². The van der Waals surface area contributed by atoms with E-state index >= 15 is 0 Å². The van der Waals surface area contributed by atoms with Crippen LogP contribution in [0.3, 0.4) is 0 Å². The molecule has 1 fully saturated rings. The Labute approximate surface area is 168 Å². The molecule has 1 aromatic carbocycles. The van der Waals surface area contributed by atoms with Crippen LogP contribution in [0.4, 0.5) is 0 Å². The number of hydrogen-bond donors (Lipinski definition) is 1. The summed E-state index contributed by atoms with van der Waals surface area (Å²) in [5.41, 5.74) is 2.16. The maximum absolute atomic E-state index is 13.1. The van der Waals surface area contributed by atoms with Crippen LogP contribution in [0.2, 0.25) is 0 Å². The maximum atomic E-state index is 13.1. The second kappa shape index (κ2) is 7.62. The molecule has 0 spiro atoms. The smallest absolute Gasteiger partial charge is 0.252 e. The number of fused-ring (bicyclic) bond motifs is 1. The summed E-state index contributed by atoms with van der Waals surface area (Å²) in [6.07, 6.45) is 2.44. The number of thiophene rings is 1. The van der Waals surface area contributed by atoms with E-state index in [-0.39, 0.29) is 11.9 Å². The third-order valence-corrected chi connectivity index (χ3v) is 7.19. The number of carbonyl (C=O) groups is 1. The molecule has 1 aliphatic heterocycles. The lowest BCUT2D eigenvalue weighted by Gasteiger charge is -2.30. The van der Waals surface area contributed by atoms with Crippen LogP contribution in [-0.2, 0) is 10.0 Å². The molecule has 0 radical (unpaired) electrons. The van der Waals surface area contributed by atoms with Crippen molar-refractivity contribution in [1.29, 1.82) is 0 Å². The zero-order chi connectivity index (χ0) is 19.7. The fourth-order valence-corrected chi connectivity index (χ4v) is 5.07. The van der Waals surface area contributed by atoms with Crippen molar-refractivity contribution in [2.24, 2.45) is 0 Å². The van der Waals surface area contributed by atoms with Gasteiger partial charge in [0.05, 0.1) is 27.9 Å². The highest BCUT2D eigenvalue weighted by Gasteiger charge is 2.26. The first-order valence-corrected chi connectivity index (χ1v) is 11.8. The van der Waals surface area contributed by atoms with Crippen molar-refractivity contribution in [2.45, 2.75) is 18.9 Å². The Hall–Kier alpha value is -2.29. The molecule has 8 heteroatoms. The summed E-state index contributed by atoms with van der Waals surface area (Å²) in [6.45, 7) is 0.864. The van der Waals surface area contributed by atoms with Crippen LogP contribution in [0.15, 0.2) is 47.8 Å². The van der Waals surface area contributed by atoms with E-state index in [1.807, 2.05) is 47.8 Å². The van der Waals surface area contributed by atoms with Gasteiger partial charge in [0.2, 0.25) is 10.0 Å². The van der Waals surface area contributed by atoms with E-state index < -0.39 is 10.0 Å². The lowest BCUT2D eigenvalue weighted by Crippen LogP contribution is -2.46. The largest absolute Gasteiger partial charge is 0.349 e. The lowest BCUT2D eigenvalue weighted by molar-refractivity contribution is 0.0925. The predicted octanol–water partition coefficient (Wildman–Crippen LogP) is 3.12. The zero-order valence-corrected chi connectivity index (χ0v) is 17.1. The van der Waals surface area contributed by atoms with Crippen LogP contribution < -0.4 is 5.32 Å². The average Bonchev–Trinajstić information content (AvgIpc) is 3.21. The van der Waals surface area contributed by atoms with Gasteiger partial charge < -0.3 is 5.32 Å². The molecule has 28 heavy (non-hydrogen) atoms. The number of benzene rings is 1. The number of amides is 1. The third kappa shape index (κ3) is 3.94. The SMILES string of the molecule is CS(=O)(=O)N1CCC(NC(=O)c2cc(-c3cccs3)nc3ccccc23)CC1. The molecule has 0 bridgehead atoms. The molecular formula is C20H21N3O3S2. The highest BCUT2D eigenvalue weighted by molar-refractivity contribution is 7.88. The molecule has 1 N–H and O–H groups in total. The number of nitrogens with zero attached hydrogens (tertiary/aromatic N) is 2. The molecule has 3 heterocycles. The molecule has 1 aliphatic rings. The maximum Gasteiger partial charge on any atom is 0.252 e. The highest BCUT2D eigenvalue weighted by Crippen LogP contribution is 2.28. The van der Waals surface area contributed by atoms with Gasteiger partial charge in [-0.25, -0.2) is 17.7 Å². The molecule has 0 atom stereocenters. The first kappa shape index (κ1) is 19.0. The van der Waals surface area contributed by atoms with Gasteiger partial charge in [0.1, 0.15) is 0 Å². The molecule has 4 rings (SSSR count). The molecule has 6 nitrogen and oxygen atoms in total. The Kier molecular flexibility index (Phi) is 5.18.